The number of hydrogen-bond donors (Lipinski definition) is 2. The molecule has 15 heavy (non-hydrogen) atoms. The summed E-state index contributed by atoms with van der Waals surface area (Å²) in [6.07, 6.45) is 0. The number of hydrogen-bond acceptors (Lipinski definition) is 2. The Morgan fingerprint density at radius 3 is 1.93 bits per heavy atom. The first kappa shape index (κ1) is 17.2. The summed E-state index contributed by atoms with van der Waals surface area (Å²) < 4.78 is 16.7. The van der Waals surface area contributed by atoms with E-state index in [4.69, 9.17) is 9.79 Å². The number of phosphoric ester groups is 1. The monoisotopic (exact) mass is 448 g/mol. The van der Waals surface area contributed by atoms with E-state index in [1.807, 2.05) is 0 Å². The summed E-state index contributed by atoms with van der Waals surface area (Å²) in [6, 6.07) is 3.24. The van der Waals surface area contributed by atoms with Gasteiger partial charge in [0.2, 0.25) is 0 Å². The van der Waals surface area contributed by atoms with Gasteiger partial charge in [0, 0.05) is 4.47 Å². The molecule has 4 nitrogen and oxygen atoms in total. The standard InChI is InChI=1S/C6H4Br3O4P.K.H/c7-3-1-4(8)6(5(9)2-3)13-14(10,11)12;;/h1-2H,(H2,10,11,12);;/q;+1;-1. The van der Waals surface area contributed by atoms with Crippen LogP contribution in [-0.4, -0.2) is 9.79 Å². The van der Waals surface area contributed by atoms with Crippen LogP contribution in [0.2, 0.25) is 0 Å². The molecule has 0 aliphatic carbocycles. The maximum Gasteiger partial charge on any atom is 1.00 e. The average molecular weight is 451 g/mol. The van der Waals surface area contributed by atoms with E-state index in [-0.39, 0.29) is 58.6 Å². The normalized spacial score (nSPS) is 10.7. The third-order valence-corrected chi connectivity index (χ3v) is 3.23. The zero-order chi connectivity index (χ0) is 10.9. The quantitative estimate of drug-likeness (QED) is 0.510. The smallest absolute Gasteiger partial charge is 1.00 e. The van der Waals surface area contributed by atoms with Crippen molar-refractivity contribution in [2.24, 2.45) is 0 Å². The van der Waals surface area contributed by atoms with Gasteiger partial charge in [-0.05, 0) is 44.0 Å². The van der Waals surface area contributed by atoms with Crippen molar-refractivity contribution in [3.05, 3.63) is 25.6 Å². The van der Waals surface area contributed by atoms with Gasteiger partial charge >= 0.3 is 59.2 Å². The van der Waals surface area contributed by atoms with Crippen LogP contribution in [0.4, 0.5) is 0 Å². The minimum atomic E-state index is -4.53. The molecule has 0 fully saturated rings. The van der Waals surface area contributed by atoms with E-state index < -0.39 is 7.82 Å². The summed E-state index contributed by atoms with van der Waals surface area (Å²) in [6.45, 7) is 0. The SMILES string of the molecule is O=P(O)(O)Oc1c(Br)cc(Br)cc1Br.[H-].[K+]. The molecule has 1 rings (SSSR count). The number of halogens is 3. The van der Waals surface area contributed by atoms with Crippen LogP contribution in [0.5, 0.6) is 5.75 Å². The van der Waals surface area contributed by atoms with Crippen LogP contribution >= 0.6 is 55.6 Å². The van der Waals surface area contributed by atoms with Crippen molar-refractivity contribution in [3.63, 3.8) is 0 Å². The van der Waals surface area contributed by atoms with Crippen LogP contribution in [0.1, 0.15) is 1.43 Å². The van der Waals surface area contributed by atoms with Crippen molar-refractivity contribution in [3.8, 4) is 5.75 Å². The minimum Gasteiger partial charge on any atom is -1.00 e. The van der Waals surface area contributed by atoms with Gasteiger partial charge in [-0.1, -0.05) is 15.9 Å². The van der Waals surface area contributed by atoms with E-state index in [0.29, 0.717) is 8.95 Å². The summed E-state index contributed by atoms with van der Waals surface area (Å²) in [4.78, 5) is 17.2. The summed E-state index contributed by atoms with van der Waals surface area (Å²) in [5.41, 5.74) is 0. The van der Waals surface area contributed by atoms with Gasteiger partial charge in [-0.3, -0.25) is 9.79 Å². The Kier molecular flexibility index (Phi) is 8.03. The molecule has 0 saturated carbocycles. The minimum absolute atomic E-state index is 0. The van der Waals surface area contributed by atoms with Crippen LogP contribution in [0, 0.1) is 0 Å². The first-order valence-electron chi connectivity index (χ1n) is 3.19. The zero-order valence-corrected chi connectivity index (χ0v) is 16.2. The molecular formula is C6H5Br3KO4P. The molecule has 9 heteroatoms. The molecule has 0 heterocycles. The second-order valence-corrected chi connectivity index (χ2v) is 6.07. The number of rotatable bonds is 2. The fourth-order valence-corrected chi connectivity index (χ4v) is 3.84. The van der Waals surface area contributed by atoms with Gasteiger partial charge in [-0.15, -0.1) is 0 Å². The molecule has 0 aromatic heterocycles. The number of benzene rings is 1. The van der Waals surface area contributed by atoms with Crippen molar-refractivity contribution in [1.29, 1.82) is 0 Å². The van der Waals surface area contributed by atoms with Gasteiger partial charge in [0.05, 0.1) is 8.95 Å². The molecular weight excluding hydrogens is 446 g/mol. The molecule has 0 aliphatic heterocycles. The van der Waals surface area contributed by atoms with Crippen LogP contribution in [0.3, 0.4) is 0 Å². The number of phosphoric acid groups is 1. The molecule has 1 aromatic rings. The average Bonchev–Trinajstić information content (AvgIpc) is 1.95. The van der Waals surface area contributed by atoms with E-state index >= 15 is 0 Å². The Morgan fingerprint density at radius 1 is 1.20 bits per heavy atom. The van der Waals surface area contributed by atoms with Crippen molar-refractivity contribution in [1.82, 2.24) is 0 Å². The Bertz CT molecular complexity index is 390. The molecule has 80 valence electrons. The van der Waals surface area contributed by atoms with E-state index in [2.05, 4.69) is 52.3 Å². The maximum absolute atomic E-state index is 10.6. The second-order valence-electron chi connectivity index (χ2n) is 2.28. The summed E-state index contributed by atoms with van der Waals surface area (Å²) >= 11 is 9.46. The molecule has 1 aromatic carbocycles. The van der Waals surface area contributed by atoms with Crippen LogP contribution < -0.4 is 55.9 Å². The molecule has 0 spiro atoms. The van der Waals surface area contributed by atoms with Gasteiger partial charge in [0.1, 0.15) is 0 Å². The Labute approximate surface area is 156 Å². The summed E-state index contributed by atoms with van der Waals surface area (Å²) in [7, 11) is -4.53. The van der Waals surface area contributed by atoms with Crippen LogP contribution in [0.25, 0.3) is 0 Å². The fourth-order valence-electron chi connectivity index (χ4n) is 0.735. The van der Waals surface area contributed by atoms with E-state index in [1.54, 1.807) is 12.1 Å². The third-order valence-electron chi connectivity index (χ3n) is 1.17. The molecule has 0 bridgehead atoms. The second kappa shape index (κ2) is 6.99. The molecule has 0 aliphatic rings. The van der Waals surface area contributed by atoms with Crippen molar-refractivity contribution >= 4 is 55.6 Å². The first-order valence-corrected chi connectivity index (χ1v) is 7.10. The molecule has 0 saturated heterocycles. The Morgan fingerprint density at radius 2 is 1.60 bits per heavy atom. The van der Waals surface area contributed by atoms with Gasteiger partial charge in [-0.25, -0.2) is 4.57 Å². The van der Waals surface area contributed by atoms with Crippen molar-refractivity contribution in [2.75, 3.05) is 0 Å². The summed E-state index contributed by atoms with van der Waals surface area (Å²) in [5, 5.41) is 0. The molecule has 0 unspecified atom stereocenters. The molecule has 0 amide bonds. The van der Waals surface area contributed by atoms with Gasteiger partial charge < -0.3 is 5.95 Å². The van der Waals surface area contributed by atoms with Crippen LogP contribution in [0.15, 0.2) is 25.6 Å². The fraction of sp³-hybridized carbons (Fsp3) is 0. The van der Waals surface area contributed by atoms with E-state index in [1.165, 1.54) is 0 Å². The summed E-state index contributed by atoms with van der Waals surface area (Å²) in [5.74, 6) is 0.0709. The van der Waals surface area contributed by atoms with Crippen molar-refractivity contribution < 1.29 is 71.7 Å². The first-order chi connectivity index (χ1) is 6.29. The van der Waals surface area contributed by atoms with Gasteiger partial charge in [0.25, 0.3) is 0 Å². The topological polar surface area (TPSA) is 66.8 Å². The van der Waals surface area contributed by atoms with Gasteiger partial charge in [0.15, 0.2) is 5.75 Å². The van der Waals surface area contributed by atoms with E-state index in [9.17, 15) is 4.57 Å². The molecule has 0 atom stereocenters. The van der Waals surface area contributed by atoms with Crippen LogP contribution in [-0.2, 0) is 4.57 Å². The molecule has 0 radical (unpaired) electrons. The van der Waals surface area contributed by atoms with E-state index in [0.717, 1.165) is 4.47 Å². The predicted octanol–water partition coefficient (Wildman–Crippen LogP) is 0.562. The third kappa shape index (κ3) is 6.10. The predicted molar refractivity (Wildman–Crippen MR) is 63.3 cm³/mol. The maximum atomic E-state index is 10.6. The zero-order valence-electron chi connectivity index (χ0n) is 8.45. The Balaban J connectivity index is 0. The van der Waals surface area contributed by atoms with Gasteiger partial charge in [-0.2, -0.15) is 0 Å². The molecule has 2 N–H and O–H groups in total. The Hall–Kier alpha value is 2.25. The largest absolute Gasteiger partial charge is 1.00 e. The van der Waals surface area contributed by atoms with Crippen molar-refractivity contribution in [2.45, 2.75) is 0 Å².